The zero-order valence-electron chi connectivity index (χ0n) is 12.7. The maximum absolute atomic E-state index is 12.4. The van der Waals surface area contributed by atoms with Crippen LogP contribution < -0.4 is 15.2 Å². The van der Waals surface area contributed by atoms with Gasteiger partial charge < -0.3 is 19.9 Å². The second-order valence-corrected chi connectivity index (χ2v) is 6.05. The lowest BCUT2D eigenvalue weighted by atomic mass is 10.1. The van der Waals surface area contributed by atoms with Crippen LogP contribution in [0.25, 0.3) is 0 Å². The number of nitrogen functional groups attached to an aromatic ring is 1. The molecule has 0 unspecified atom stereocenters. The fraction of sp³-hybridized carbons (Fsp3) is 0.235. The number of anilines is 1. The molecule has 114 valence electrons. The second kappa shape index (κ2) is 4.94. The molecule has 0 fully saturated rings. The highest BCUT2D eigenvalue weighted by atomic mass is 16.6. The molecule has 1 aliphatic rings. The summed E-state index contributed by atoms with van der Waals surface area (Å²) in [6, 6.07) is 10.4. The number of rotatable bonds is 1. The summed E-state index contributed by atoms with van der Waals surface area (Å²) in [5.74, 6) is 1.35. The Hall–Kier alpha value is -2.69. The highest BCUT2D eigenvalue weighted by Gasteiger charge is 2.28. The van der Waals surface area contributed by atoms with Crippen LogP contribution in [0.4, 0.5) is 5.69 Å². The molecular weight excluding hydrogens is 282 g/mol. The van der Waals surface area contributed by atoms with Crippen LogP contribution in [0.5, 0.6) is 23.0 Å². The summed E-state index contributed by atoms with van der Waals surface area (Å²) < 4.78 is 17.0. The smallest absolute Gasteiger partial charge is 0.342 e. The molecule has 0 bridgehead atoms. The molecule has 0 saturated heterocycles. The summed E-state index contributed by atoms with van der Waals surface area (Å²) >= 11 is 0. The molecule has 0 spiro atoms. The molecule has 2 aromatic rings. The molecule has 2 N–H and O–H groups in total. The van der Waals surface area contributed by atoms with Gasteiger partial charge in [0.1, 0.15) is 11.2 Å². The molecule has 0 aliphatic carbocycles. The summed E-state index contributed by atoms with van der Waals surface area (Å²) in [6.45, 7) is 5.41. The van der Waals surface area contributed by atoms with Crippen LogP contribution in [0.3, 0.4) is 0 Å². The zero-order valence-corrected chi connectivity index (χ0v) is 12.7. The van der Waals surface area contributed by atoms with Crippen molar-refractivity contribution in [2.75, 3.05) is 5.73 Å². The predicted octanol–water partition coefficient (Wildman–Crippen LogP) is 4.12. The van der Waals surface area contributed by atoms with Crippen molar-refractivity contribution >= 4 is 11.7 Å². The molecule has 1 heterocycles. The third-order valence-electron chi connectivity index (χ3n) is 2.98. The van der Waals surface area contributed by atoms with Crippen LogP contribution in [0.1, 0.15) is 31.1 Å². The summed E-state index contributed by atoms with van der Waals surface area (Å²) in [4.78, 5) is 12.4. The first-order valence-corrected chi connectivity index (χ1v) is 6.95. The van der Waals surface area contributed by atoms with Crippen LogP contribution >= 0.6 is 0 Å². The van der Waals surface area contributed by atoms with Crippen molar-refractivity contribution in [2.45, 2.75) is 26.4 Å². The average molecular weight is 299 g/mol. The molecule has 0 radical (unpaired) electrons. The number of ether oxygens (including phenoxy) is 3. The summed E-state index contributed by atoms with van der Waals surface area (Å²) in [5, 5.41) is 0. The van der Waals surface area contributed by atoms with Crippen LogP contribution in [0.2, 0.25) is 0 Å². The van der Waals surface area contributed by atoms with Gasteiger partial charge in [-0.25, -0.2) is 4.79 Å². The molecule has 5 heteroatoms. The lowest BCUT2D eigenvalue weighted by molar-refractivity contribution is 0.00664. The van der Waals surface area contributed by atoms with Gasteiger partial charge in [0.25, 0.3) is 0 Å². The van der Waals surface area contributed by atoms with Gasteiger partial charge in [-0.2, -0.15) is 0 Å². The minimum atomic E-state index is -0.609. The van der Waals surface area contributed by atoms with Gasteiger partial charge in [0.2, 0.25) is 0 Å². The number of nitrogens with two attached hydrogens (primary N) is 1. The van der Waals surface area contributed by atoms with Gasteiger partial charge >= 0.3 is 5.97 Å². The number of benzene rings is 2. The van der Waals surface area contributed by atoms with Crippen molar-refractivity contribution in [3.63, 3.8) is 0 Å². The Balaban J connectivity index is 2.04. The topological polar surface area (TPSA) is 70.8 Å². The lowest BCUT2D eigenvalue weighted by Gasteiger charge is -2.24. The monoisotopic (exact) mass is 299 g/mol. The molecule has 3 rings (SSSR count). The minimum Gasteiger partial charge on any atom is -0.456 e. The van der Waals surface area contributed by atoms with Gasteiger partial charge in [0.05, 0.1) is 0 Å². The first-order chi connectivity index (χ1) is 10.3. The Labute approximate surface area is 128 Å². The first-order valence-electron chi connectivity index (χ1n) is 6.95. The number of fused-ring (bicyclic) bond motifs is 2. The molecule has 1 aliphatic heterocycles. The third-order valence-corrected chi connectivity index (χ3v) is 2.98. The molecule has 0 saturated carbocycles. The standard InChI is InChI=1S/C17H17NO4/c1-17(2,3)22-16(19)11-8-10(18)9-14-15(11)21-13-7-5-4-6-12(13)20-14/h4-9H,18H2,1-3H3. The van der Waals surface area contributed by atoms with Gasteiger partial charge in [-0.1, -0.05) is 12.1 Å². The predicted molar refractivity (Wildman–Crippen MR) is 82.6 cm³/mol. The van der Waals surface area contributed by atoms with Crippen LogP contribution in [-0.2, 0) is 4.74 Å². The Morgan fingerprint density at radius 1 is 1.05 bits per heavy atom. The van der Waals surface area contributed by atoms with Crippen molar-refractivity contribution < 1.29 is 19.0 Å². The SMILES string of the molecule is CC(C)(C)OC(=O)c1cc(N)cc2c1Oc1ccccc1O2. The quantitative estimate of drug-likeness (QED) is 0.540. The van der Waals surface area contributed by atoms with Crippen molar-refractivity contribution in [1.82, 2.24) is 0 Å². The number of para-hydroxylation sites is 2. The first kappa shape index (κ1) is 14.3. The van der Waals surface area contributed by atoms with E-state index in [0.717, 1.165) is 0 Å². The van der Waals surface area contributed by atoms with E-state index in [1.54, 1.807) is 39.0 Å². The normalized spacial score (nSPS) is 12.5. The van der Waals surface area contributed by atoms with Crippen LogP contribution in [-0.4, -0.2) is 11.6 Å². The molecular formula is C17H17NO4. The van der Waals surface area contributed by atoms with Crippen molar-refractivity contribution in [3.05, 3.63) is 42.0 Å². The molecule has 22 heavy (non-hydrogen) atoms. The van der Waals surface area contributed by atoms with E-state index in [1.807, 2.05) is 12.1 Å². The summed E-state index contributed by atoms with van der Waals surface area (Å²) in [6.07, 6.45) is 0. The van der Waals surface area contributed by atoms with Gasteiger partial charge in [-0.15, -0.1) is 0 Å². The van der Waals surface area contributed by atoms with Gasteiger partial charge in [0, 0.05) is 11.8 Å². The Morgan fingerprint density at radius 3 is 2.32 bits per heavy atom. The Morgan fingerprint density at radius 2 is 1.68 bits per heavy atom. The van der Waals surface area contributed by atoms with E-state index >= 15 is 0 Å². The molecule has 0 amide bonds. The maximum Gasteiger partial charge on any atom is 0.342 e. The molecule has 0 atom stereocenters. The van der Waals surface area contributed by atoms with Gasteiger partial charge in [0.15, 0.2) is 23.0 Å². The van der Waals surface area contributed by atoms with Crippen LogP contribution in [0.15, 0.2) is 36.4 Å². The number of carbonyl (C=O) groups is 1. The molecule has 0 aromatic heterocycles. The largest absolute Gasteiger partial charge is 0.456 e. The number of hydrogen-bond donors (Lipinski definition) is 1. The fourth-order valence-corrected chi connectivity index (χ4v) is 2.14. The third kappa shape index (κ3) is 2.70. The van der Waals surface area contributed by atoms with E-state index < -0.39 is 11.6 Å². The number of hydrogen-bond acceptors (Lipinski definition) is 5. The van der Waals surface area contributed by atoms with E-state index in [-0.39, 0.29) is 5.56 Å². The van der Waals surface area contributed by atoms with E-state index in [9.17, 15) is 4.79 Å². The highest BCUT2D eigenvalue weighted by Crippen LogP contribution is 2.47. The summed E-state index contributed by atoms with van der Waals surface area (Å²) in [5.41, 5.74) is 5.91. The van der Waals surface area contributed by atoms with Crippen LogP contribution in [0, 0.1) is 0 Å². The average Bonchev–Trinajstić information content (AvgIpc) is 2.42. The van der Waals surface area contributed by atoms with E-state index in [4.69, 9.17) is 19.9 Å². The zero-order chi connectivity index (χ0) is 15.9. The molecule has 5 nitrogen and oxygen atoms in total. The summed E-state index contributed by atoms with van der Waals surface area (Å²) in [7, 11) is 0. The molecule has 2 aromatic carbocycles. The van der Waals surface area contributed by atoms with Crippen molar-refractivity contribution in [3.8, 4) is 23.0 Å². The maximum atomic E-state index is 12.4. The van der Waals surface area contributed by atoms with Crippen molar-refractivity contribution in [2.24, 2.45) is 0 Å². The van der Waals surface area contributed by atoms with E-state index in [2.05, 4.69) is 0 Å². The van der Waals surface area contributed by atoms with Gasteiger partial charge in [-0.3, -0.25) is 0 Å². The fourth-order valence-electron chi connectivity index (χ4n) is 2.14. The lowest BCUT2D eigenvalue weighted by Crippen LogP contribution is -2.24. The second-order valence-electron chi connectivity index (χ2n) is 6.05. The Bertz CT molecular complexity index is 747. The van der Waals surface area contributed by atoms with E-state index in [1.165, 1.54) is 6.07 Å². The van der Waals surface area contributed by atoms with E-state index in [0.29, 0.717) is 28.7 Å². The Kier molecular flexibility index (Phi) is 3.20. The van der Waals surface area contributed by atoms with Gasteiger partial charge in [-0.05, 0) is 39.0 Å². The number of esters is 1. The van der Waals surface area contributed by atoms with Crippen molar-refractivity contribution in [1.29, 1.82) is 0 Å². The highest BCUT2D eigenvalue weighted by molar-refractivity contribution is 5.95. The minimum absolute atomic E-state index is 0.249. The number of carbonyl (C=O) groups excluding carboxylic acids is 1.